The first-order chi connectivity index (χ1) is 9.06. The number of aryl methyl sites for hydroxylation is 2. The standard InChI is InChI=1S/C15H22N4/c1-9-5-13(9)7-16-11(3)14-8-17-15-6-10(2)18-19(15)12(14)4/h6,8-9,11,13,16H,5,7H2,1-4H3. The Labute approximate surface area is 114 Å². The highest BCUT2D eigenvalue weighted by Crippen LogP contribution is 2.37. The second kappa shape index (κ2) is 4.60. The Balaban J connectivity index is 1.80. The largest absolute Gasteiger partial charge is 0.310 e. The molecule has 102 valence electrons. The molecule has 0 aromatic carbocycles. The summed E-state index contributed by atoms with van der Waals surface area (Å²) in [5.41, 5.74) is 4.37. The normalized spacial score (nSPS) is 23.8. The van der Waals surface area contributed by atoms with Crippen LogP contribution in [0.1, 0.15) is 43.3 Å². The molecule has 2 aromatic rings. The zero-order valence-corrected chi connectivity index (χ0v) is 12.1. The minimum atomic E-state index is 0.328. The minimum Gasteiger partial charge on any atom is -0.310 e. The monoisotopic (exact) mass is 258 g/mol. The van der Waals surface area contributed by atoms with E-state index in [0.717, 1.165) is 29.7 Å². The van der Waals surface area contributed by atoms with Crippen LogP contribution in [0.2, 0.25) is 0 Å². The molecular weight excluding hydrogens is 236 g/mol. The molecule has 0 aliphatic heterocycles. The minimum absolute atomic E-state index is 0.328. The van der Waals surface area contributed by atoms with Gasteiger partial charge in [0.25, 0.3) is 0 Å². The molecule has 1 aliphatic carbocycles. The van der Waals surface area contributed by atoms with E-state index >= 15 is 0 Å². The molecule has 0 spiro atoms. The highest BCUT2D eigenvalue weighted by Gasteiger charge is 2.32. The Morgan fingerprint density at radius 2 is 2.21 bits per heavy atom. The molecule has 3 rings (SSSR count). The fraction of sp³-hybridized carbons (Fsp3) is 0.600. The summed E-state index contributed by atoms with van der Waals surface area (Å²) >= 11 is 0. The van der Waals surface area contributed by atoms with Crippen molar-refractivity contribution in [3.05, 3.63) is 29.2 Å². The van der Waals surface area contributed by atoms with Crippen molar-refractivity contribution in [1.82, 2.24) is 19.9 Å². The topological polar surface area (TPSA) is 42.2 Å². The number of nitrogens with zero attached hydrogens (tertiary/aromatic N) is 3. The van der Waals surface area contributed by atoms with Crippen molar-refractivity contribution in [3.63, 3.8) is 0 Å². The van der Waals surface area contributed by atoms with Gasteiger partial charge in [0.05, 0.1) is 5.69 Å². The molecule has 19 heavy (non-hydrogen) atoms. The Morgan fingerprint density at radius 3 is 2.89 bits per heavy atom. The van der Waals surface area contributed by atoms with Crippen molar-refractivity contribution >= 4 is 5.65 Å². The first kappa shape index (κ1) is 12.6. The van der Waals surface area contributed by atoms with Gasteiger partial charge in [-0.2, -0.15) is 5.10 Å². The summed E-state index contributed by atoms with van der Waals surface area (Å²) in [5, 5.41) is 8.12. The number of nitrogens with one attached hydrogen (secondary N) is 1. The van der Waals surface area contributed by atoms with Gasteiger partial charge in [-0.25, -0.2) is 9.50 Å². The maximum atomic E-state index is 4.50. The van der Waals surface area contributed by atoms with Crippen LogP contribution in [-0.2, 0) is 0 Å². The van der Waals surface area contributed by atoms with Gasteiger partial charge in [-0.3, -0.25) is 0 Å². The van der Waals surface area contributed by atoms with E-state index in [1.54, 1.807) is 0 Å². The Morgan fingerprint density at radius 1 is 1.47 bits per heavy atom. The lowest BCUT2D eigenvalue weighted by molar-refractivity contribution is 0.529. The predicted molar refractivity (Wildman–Crippen MR) is 76.1 cm³/mol. The lowest BCUT2D eigenvalue weighted by Crippen LogP contribution is -2.23. The van der Waals surface area contributed by atoms with Gasteiger partial charge in [0, 0.05) is 29.6 Å². The fourth-order valence-electron chi connectivity index (χ4n) is 2.72. The first-order valence-corrected chi connectivity index (χ1v) is 7.11. The Bertz CT molecular complexity index is 601. The molecule has 0 bridgehead atoms. The van der Waals surface area contributed by atoms with Gasteiger partial charge in [0.2, 0.25) is 0 Å². The summed E-state index contributed by atoms with van der Waals surface area (Å²) in [5.74, 6) is 1.77. The van der Waals surface area contributed by atoms with Gasteiger partial charge in [0.1, 0.15) is 0 Å². The molecule has 1 N–H and O–H groups in total. The molecule has 2 heterocycles. The fourth-order valence-corrected chi connectivity index (χ4v) is 2.72. The number of rotatable bonds is 4. The third-order valence-electron chi connectivity index (χ3n) is 4.31. The summed E-state index contributed by atoms with van der Waals surface area (Å²) < 4.78 is 1.95. The molecule has 1 saturated carbocycles. The quantitative estimate of drug-likeness (QED) is 0.916. The molecule has 0 radical (unpaired) electrons. The van der Waals surface area contributed by atoms with Gasteiger partial charge >= 0.3 is 0 Å². The van der Waals surface area contributed by atoms with Crippen LogP contribution in [0.4, 0.5) is 0 Å². The van der Waals surface area contributed by atoms with Crippen LogP contribution >= 0.6 is 0 Å². The van der Waals surface area contributed by atoms with Gasteiger partial charge in [-0.15, -0.1) is 0 Å². The molecule has 3 atom stereocenters. The summed E-state index contributed by atoms with van der Waals surface area (Å²) in [6.45, 7) is 9.76. The van der Waals surface area contributed by atoms with Gasteiger partial charge in [-0.05, 0) is 45.6 Å². The average Bonchev–Trinajstić information content (AvgIpc) is 2.92. The zero-order chi connectivity index (χ0) is 13.6. The van der Waals surface area contributed by atoms with Crippen molar-refractivity contribution in [3.8, 4) is 0 Å². The van der Waals surface area contributed by atoms with Crippen LogP contribution in [0.3, 0.4) is 0 Å². The molecule has 4 heteroatoms. The highest BCUT2D eigenvalue weighted by atomic mass is 15.3. The third kappa shape index (κ3) is 2.37. The van der Waals surface area contributed by atoms with Crippen LogP contribution in [-0.4, -0.2) is 21.1 Å². The summed E-state index contributed by atoms with van der Waals surface area (Å²) in [7, 11) is 0. The number of hydrogen-bond donors (Lipinski definition) is 1. The van der Waals surface area contributed by atoms with E-state index in [0.29, 0.717) is 6.04 Å². The SMILES string of the molecule is Cc1cc2ncc(C(C)NCC3CC3C)c(C)n2n1. The first-order valence-electron chi connectivity index (χ1n) is 7.11. The van der Waals surface area contributed by atoms with E-state index in [9.17, 15) is 0 Å². The van der Waals surface area contributed by atoms with Crippen LogP contribution in [0.25, 0.3) is 5.65 Å². The van der Waals surface area contributed by atoms with Crippen LogP contribution < -0.4 is 5.32 Å². The van der Waals surface area contributed by atoms with Gasteiger partial charge < -0.3 is 5.32 Å². The zero-order valence-electron chi connectivity index (χ0n) is 12.1. The lowest BCUT2D eigenvalue weighted by Gasteiger charge is -2.16. The van der Waals surface area contributed by atoms with E-state index in [1.807, 2.05) is 23.7 Å². The molecule has 1 aliphatic rings. The van der Waals surface area contributed by atoms with Crippen molar-refractivity contribution < 1.29 is 0 Å². The molecular formula is C15H22N4. The maximum absolute atomic E-state index is 4.50. The van der Waals surface area contributed by atoms with E-state index in [-0.39, 0.29) is 0 Å². The van der Waals surface area contributed by atoms with E-state index in [1.165, 1.54) is 17.7 Å². The van der Waals surface area contributed by atoms with E-state index in [4.69, 9.17) is 0 Å². The molecule has 3 unspecified atom stereocenters. The maximum Gasteiger partial charge on any atom is 0.155 e. The van der Waals surface area contributed by atoms with Crippen molar-refractivity contribution in [1.29, 1.82) is 0 Å². The molecule has 1 fully saturated rings. The number of fused-ring (bicyclic) bond motifs is 1. The van der Waals surface area contributed by atoms with Crippen molar-refractivity contribution in [2.45, 2.75) is 40.2 Å². The lowest BCUT2D eigenvalue weighted by atomic mass is 10.1. The summed E-state index contributed by atoms with van der Waals surface area (Å²) in [6.07, 6.45) is 3.36. The number of hydrogen-bond acceptors (Lipinski definition) is 3. The van der Waals surface area contributed by atoms with Crippen molar-refractivity contribution in [2.75, 3.05) is 6.54 Å². The third-order valence-corrected chi connectivity index (χ3v) is 4.31. The second-order valence-corrected chi connectivity index (χ2v) is 5.96. The van der Waals surface area contributed by atoms with Gasteiger partial charge in [-0.1, -0.05) is 6.92 Å². The van der Waals surface area contributed by atoms with Gasteiger partial charge in [0.15, 0.2) is 5.65 Å². The average molecular weight is 258 g/mol. The predicted octanol–water partition coefficient (Wildman–Crippen LogP) is 2.65. The number of aromatic nitrogens is 3. The summed E-state index contributed by atoms with van der Waals surface area (Å²) in [6, 6.07) is 2.34. The molecule has 4 nitrogen and oxygen atoms in total. The van der Waals surface area contributed by atoms with E-state index < -0.39 is 0 Å². The molecule has 0 saturated heterocycles. The summed E-state index contributed by atoms with van der Waals surface area (Å²) in [4.78, 5) is 4.50. The highest BCUT2D eigenvalue weighted by molar-refractivity contribution is 5.42. The van der Waals surface area contributed by atoms with Crippen molar-refractivity contribution in [2.24, 2.45) is 11.8 Å². The van der Waals surface area contributed by atoms with E-state index in [2.05, 4.69) is 36.2 Å². The molecule has 2 aromatic heterocycles. The smallest absolute Gasteiger partial charge is 0.155 e. The molecule has 0 amide bonds. The Kier molecular flexibility index (Phi) is 3.05. The second-order valence-electron chi connectivity index (χ2n) is 5.96. The van der Waals surface area contributed by atoms with Crippen LogP contribution in [0.15, 0.2) is 12.3 Å². The van der Waals surface area contributed by atoms with Crippen LogP contribution in [0.5, 0.6) is 0 Å². The van der Waals surface area contributed by atoms with Crippen LogP contribution in [0, 0.1) is 25.7 Å². The Hall–Kier alpha value is -1.42.